The molecule has 0 aromatic rings. The molecule has 0 spiro atoms. The van der Waals surface area contributed by atoms with Crippen molar-refractivity contribution in [2.24, 2.45) is 0 Å². The molecule has 0 saturated carbocycles. The topological polar surface area (TPSA) is 78.9 Å². The molecule has 1 unspecified atom stereocenters. The number of ether oxygens (including phenoxy) is 3. The van der Waals surface area contributed by atoms with Gasteiger partial charge in [0.15, 0.2) is 6.10 Å². The normalized spacial score (nSPS) is 12.8. The van der Waals surface area contributed by atoms with Crippen LogP contribution in [0, 0.1) is 0 Å². The van der Waals surface area contributed by atoms with Gasteiger partial charge in [-0.15, -0.1) is 0 Å². The van der Waals surface area contributed by atoms with E-state index in [4.69, 9.17) is 14.2 Å². The molecule has 1 atom stereocenters. The molecule has 0 N–H and O–H groups in total. The molecule has 0 aliphatic heterocycles. The van der Waals surface area contributed by atoms with Crippen LogP contribution in [0.15, 0.2) is 97.2 Å². The van der Waals surface area contributed by atoms with Crippen LogP contribution in [0.25, 0.3) is 0 Å². The van der Waals surface area contributed by atoms with Crippen LogP contribution in [-0.2, 0) is 28.6 Å². The first-order valence-electron chi connectivity index (χ1n) is 29.7. The Bertz CT molecular complexity index is 1410. The lowest BCUT2D eigenvalue weighted by molar-refractivity contribution is -0.167. The second kappa shape index (κ2) is 58.9. The van der Waals surface area contributed by atoms with Gasteiger partial charge in [0.05, 0.1) is 0 Å². The molecule has 0 rings (SSSR count). The number of carbonyl (C=O) groups is 3. The summed E-state index contributed by atoms with van der Waals surface area (Å²) in [4.78, 5) is 38.0. The molecular weight excluding hydrogens is 877 g/mol. The fourth-order valence-corrected chi connectivity index (χ4v) is 8.19. The van der Waals surface area contributed by atoms with Gasteiger partial charge in [0.2, 0.25) is 0 Å². The summed E-state index contributed by atoms with van der Waals surface area (Å²) in [6.07, 6.45) is 78.6. The highest BCUT2D eigenvalue weighted by Gasteiger charge is 2.19. The summed E-state index contributed by atoms with van der Waals surface area (Å²) in [7, 11) is 0. The van der Waals surface area contributed by atoms with Crippen molar-refractivity contribution < 1.29 is 28.6 Å². The highest BCUT2D eigenvalue weighted by atomic mass is 16.6. The summed E-state index contributed by atoms with van der Waals surface area (Å²) in [5.74, 6) is -0.898. The smallest absolute Gasteiger partial charge is 0.306 e. The molecule has 0 aromatic heterocycles. The van der Waals surface area contributed by atoms with Gasteiger partial charge in [0.1, 0.15) is 13.2 Å². The van der Waals surface area contributed by atoms with E-state index in [2.05, 4.69) is 118 Å². The molecule has 0 aromatic carbocycles. The van der Waals surface area contributed by atoms with E-state index in [9.17, 15) is 14.4 Å². The summed E-state index contributed by atoms with van der Waals surface area (Å²) >= 11 is 0. The van der Waals surface area contributed by atoms with E-state index < -0.39 is 6.10 Å². The molecule has 0 amide bonds. The molecule has 0 radical (unpaired) electrons. The summed E-state index contributed by atoms with van der Waals surface area (Å²) in [5, 5.41) is 0. The summed E-state index contributed by atoms with van der Waals surface area (Å²) in [6.45, 7) is 6.37. The third kappa shape index (κ3) is 57.1. The molecule has 0 saturated heterocycles. The predicted molar refractivity (Wildman–Crippen MR) is 307 cm³/mol. The molecule has 0 bridgehead atoms. The molecule has 6 heteroatoms. The van der Waals surface area contributed by atoms with E-state index >= 15 is 0 Å². The number of hydrogen-bond acceptors (Lipinski definition) is 6. The molecule has 71 heavy (non-hydrogen) atoms. The first-order valence-corrected chi connectivity index (χ1v) is 29.7. The van der Waals surface area contributed by atoms with Crippen molar-refractivity contribution in [2.45, 2.75) is 284 Å². The van der Waals surface area contributed by atoms with E-state index in [1.165, 1.54) is 116 Å². The molecule has 6 nitrogen and oxygen atoms in total. The van der Waals surface area contributed by atoms with Crippen molar-refractivity contribution in [3.8, 4) is 0 Å². The van der Waals surface area contributed by atoms with E-state index in [0.717, 1.165) is 122 Å². The van der Waals surface area contributed by atoms with Crippen LogP contribution in [0.1, 0.15) is 278 Å². The number of rotatable bonds is 53. The van der Waals surface area contributed by atoms with Crippen molar-refractivity contribution in [1.82, 2.24) is 0 Å². The molecule has 0 aliphatic carbocycles. The fourth-order valence-electron chi connectivity index (χ4n) is 8.19. The first-order chi connectivity index (χ1) is 35.0. The number of carbonyl (C=O) groups excluding carboxylic acids is 3. The van der Waals surface area contributed by atoms with Crippen molar-refractivity contribution in [1.29, 1.82) is 0 Å². The van der Waals surface area contributed by atoms with Gasteiger partial charge in [-0.3, -0.25) is 14.4 Å². The van der Waals surface area contributed by atoms with Gasteiger partial charge in [0, 0.05) is 19.3 Å². The van der Waals surface area contributed by atoms with Crippen molar-refractivity contribution in [2.75, 3.05) is 13.2 Å². The minimum absolute atomic E-state index is 0.0820. The van der Waals surface area contributed by atoms with Crippen LogP contribution in [0.4, 0.5) is 0 Å². The second-order valence-corrected chi connectivity index (χ2v) is 19.5. The van der Waals surface area contributed by atoms with Gasteiger partial charge in [-0.25, -0.2) is 0 Å². The van der Waals surface area contributed by atoms with Crippen LogP contribution in [-0.4, -0.2) is 37.2 Å². The highest BCUT2D eigenvalue weighted by Crippen LogP contribution is 2.16. The van der Waals surface area contributed by atoms with Crippen molar-refractivity contribution in [3.63, 3.8) is 0 Å². The van der Waals surface area contributed by atoms with Gasteiger partial charge >= 0.3 is 17.9 Å². The first kappa shape index (κ1) is 67.3. The standard InChI is InChI=1S/C65H110O6/c1-4-7-10-13-16-18-20-22-24-26-28-29-30-31-32-33-34-35-37-38-40-42-44-46-49-52-55-58-64(67)70-61-62(60-69-63(66)57-54-51-48-15-12-9-6-3)71-65(68)59-56-53-50-47-45-43-41-39-36-27-25-23-21-19-17-14-11-8-5-2/h7-8,10-11,16-19,22-25,28-29,36,39,62H,4-6,9,12-15,20-21,26-27,30-35,37-38,40-61H2,1-3H3/b10-7-,11-8-,18-16-,19-17-,24-22-,25-23-,29-28-,39-36-. The van der Waals surface area contributed by atoms with Crippen molar-refractivity contribution >= 4 is 17.9 Å². The van der Waals surface area contributed by atoms with Crippen LogP contribution in [0.2, 0.25) is 0 Å². The van der Waals surface area contributed by atoms with E-state index in [1.54, 1.807) is 0 Å². The monoisotopic (exact) mass is 987 g/mol. The van der Waals surface area contributed by atoms with Crippen LogP contribution < -0.4 is 0 Å². The zero-order valence-electron chi connectivity index (χ0n) is 46.5. The van der Waals surface area contributed by atoms with E-state index in [1.807, 2.05) is 0 Å². The van der Waals surface area contributed by atoms with Gasteiger partial charge < -0.3 is 14.2 Å². The number of unbranched alkanes of at least 4 members (excludes halogenated alkanes) is 26. The number of allylic oxidation sites excluding steroid dienone is 16. The lowest BCUT2D eigenvalue weighted by Gasteiger charge is -2.18. The number of hydrogen-bond donors (Lipinski definition) is 0. The molecule has 0 aliphatic rings. The zero-order chi connectivity index (χ0) is 51.4. The van der Waals surface area contributed by atoms with Crippen LogP contribution in [0.3, 0.4) is 0 Å². The van der Waals surface area contributed by atoms with Gasteiger partial charge in [0.25, 0.3) is 0 Å². The molecular formula is C65H110O6. The Labute approximate surface area is 438 Å². The second-order valence-electron chi connectivity index (χ2n) is 19.5. The Kier molecular flexibility index (Phi) is 55.9. The van der Waals surface area contributed by atoms with Crippen molar-refractivity contribution in [3.05, 3.63) is 97.2 Å². The predicted octanol–water partition coefficient (Wildman–Crippen LogP) is 20.1. The zero-order valence-corrected chi connectivity index (χ0v) is 46.5. The SMILES string of the molecule is CC/C=C\C/C=C\C/C=C\C/C=C\CCCCCCCCCCCCCCCCC(=O)OCC(COC(=O)CCCCCCCCC)OC(=O)CCCCCCCC/C=C\C/C=C\C/C=C\C/C=C\CC. The lowest BCUT2D eigenvalue weighted by atomic mass is 10.0. The summed E-state index contributed by atoms with van der Waals surface area (Å²) in [5.41, 5.74) is 0. The molecule has 406 valence electrons. The van der Waals surface area contributed by atoms with Gasteiger partial charge in [-0.2, -0.15) is 0 Å². The average molecular weight is 988 g/mol. The van der Waals surface area contributed by atoms with Crippen LogP contribution >= 0.6 is 0 Å². The summed E-state index contributed by atoms with van der Waals surface area (Å²) < 4.78 is 16.8. The maximum absolute atomic E-state index is 12.8. The summed E-state index contributed by atoms with van der Waals surface area (Å²) in [6, 6.07) is 0. The van der Waals surface area contributed by atoms with Gasteiger partial charge in [-0.05, 0) is 96.3 Å². The Morgan fingerprint density at radius 3 is 0.859 bits per heavy atom. The fraction of sp³-hybridized carbons (Fsp3) is 0.708. The Hall–Kier alpha value is -3.67. The van der Waals surface area contributed by atoms with E-state index in [-0.39, 0.29) is 31.1 Å². The highest BCUT2D eigenvalue weighted by molar-refractivity contribution is 5.71. The third-order valence-corrected chi connectivity index (χ3v) is 12.6. The number of esters is 3. The largest absolute Gasteiger partial charge is 0.462 e. The Balaban J connectivity index is 4.16. The maximum atomic E-state index is 12.8. The molecule has 0 fully saturated rings. The average Bonchev–Trinajstić information content (AvgIpc) is 3.37. The third-order valence-electron chi connectivity index (χ3n) is 12.6. The van der Waals surface area contributed by atoms with E-state index in [0.29, 0.717) is 19.3 Å². The van der Waals surface area contributed by atoms with Gasteiger partial charge in [-0.1, -0.05) is 259 Å². The quantitative estimate of drug-likeness (QED) is 0.0261. The van der Waals surface area contributed by atoms with Crippen LogP contribution in [0.5, 0.6) is 0 Å². The Morgan fingerprint density at radius 2 is 0.549 bits per heavy atom. The minimum atomic E-state index is -0.783. The minimum Gasteiger partial charge on any atom is -0.462 e. The molecule has 0 heterocycles. The lowest BCUT2D eigenvalue weighted by Crippen LogP contribution is -2.30. The maximum Gasteiger partial charge on any atom is 0.306 e. The Morgan fingerprint density at radius 1 is 0.296 bits per heavy atom.